The van der Waals surface area contributed by atoms with E-state index in [0.29, 0.717) is 5.57 Å². The minimum Gasteiger partial charge on any atom is -0.432 e. The quantitative estimate of drug-likeness (QED) is 0.237. The third kappa shape index (κ3) is 5.62. The summed E-state index contributed by atoms with van der Waals surface area (Å²) in [7, 11) is 1.52. The van der Waals surface area contributed by atoms with Crippen LogP contribution in [-0.2, 0) is 12.4 Å². The first-order valence-electron chi connectivity index (χ1n) is 11.2. The minimum absolute atomic E-state index is 0.0472. The van der Waals surface area contributed by atoms with Crippen LogP contribution in [0.4, 0.5) is 26.3 Å². The zero-order valence-electron chi connectivity index (χ0n) is 20.6. The van der Waals surface area contributed by atoms with Gasteiger partial charge in [-0.25, -0.2) is 9.97 Å². The maximum atomic E-state index is 13.1. The van der Waals surface area contributed by atoms with E-state index >= 15 is 0 Å². The summed E-state index contributed by atoms with van der Waals surface area (Å²) in [4.78, 5) is 12.7. The summed E-state index contributed by atoms with van der Waals surface area (Å²) in [6, 6.07) is 10.2. The van der Waals surface area contributed by atoms with Gasteiger partial charge >= 0.3 is 12.4 Å². The van der Waals surface area contributed by atoms with Gasteiger partial charge in [-0.1, -0.05) is 24.3 Å². The summed E-state index contributed by atoms with van der Waals surface area (Å²) in [5, 5.41) is 9.36. The van der Waals surface area contributed by atoms with Gasteiger partial charge in [0.1, 0.15) is 17.5 Å². The number of hydrogen-bond acceptors (Lipinski definition) is 6. The Morgan fingerprint density at radius 1 is 0.769 bits per heavy atom. The molecule has 2 aromatic carbocycles. The Morgan fingerprint density at radius 3 is 1.56 bits per heavy atom. The Balaban J connectivity index is 2.14. The highest BCUT2D eigenvalue weighted by molar-refractivity contribution is 6.00. The molecule has 0 saturated heterocycles. The van der Waals surface area contributed by atoms with Crippen LogP contribution in [0.5, 0.6) is 0 Å². The first kappa shape index (κ1) is 27.4. The Labute approximate surface area is 216 Å². The number of nitriles is 1. The van der Waals surface area contributed by atoms with Crippen molar-refractivity contribution in [2.75, 3.05) is 7.05 Å². The Hall–Kier alpha value is -4.66. The molecule has 4 rings (SSSR count). The highest BCUT2D eigenvalue weighted by Crippen LogP contribution is 2.32. The molecule has 200 valence electrons. The van der Waals surface area contributed by atoms with Crippen LogP contribution >= 0.6 is 0 Å². The van der Waals surface area contributed by atoms with E-state index in [-0.39, 0.29) is 50.0 Å². The molecule has 0 N–H and O–H groups in total. The average molecular weight is 544 g/mol. The summed E-state index contributed by atoms with van der Waals surface area (Å²) in [6.45, 7) is 3.08. The van der Waals surface area contributed by atoms with Crippen molar-refractivity contribution in [1.82, 2.24) is 9.97 Å². The fraction of sp³-hybridized carbons (Fsp3) is 0.185. The lowest BCUT2D eigenvalue weighted by Crippen LogP contribution is -2.06. The highest BCUT2D eigenvalue weighted by atomic mass is 19.4. The molecule has 6 nitrogen and oxygen atoms in total. The number of oxazole rings is 2. The van der Waals surface area contributed by atoms with Crippen molar-refractivity contribution >= 4 is 17.4 Å². The topological polar surface area (TPSA) is 88.2 Å². The van der Waals surface area contributed by atoms with Crippen LogP contribution in [0.25, 0.3) is 33.7 Å². The number of halogens is 6. The number of hydrogen-bond donors (Lipinski definition) is 0. The van der Waals surface area contributed by atoms with Gasteiger partial charge in [0.15, 0.2) is 0 Å². The van der Waals surface area contributed by atoms with Gasteiger partial charge in [0.2, 0.25) is 21.9 Å². The van der Waals surface area contributed by atoms with Gasteiger partial charge in [0, 0.05) is 30.0 Å². The van der Waals surface area contributed by atoms with Crippen molar-refractivity contribution in [2.45, 2.75) is 26.2 Å². The number of aliphatic imine (C=N–C) groups is 1. The summed E-state index contributed by atoms with van der Waals surface area (Å²) >= 11 is 0. The van der Waals surface area contributed by atoms with Gasteiger partial charge in [-0.3, -0.25) is 4.99 Å². The van der Waals surface area contributed by atoms with E-state index in [0.717, 1.165) is 24.3 Å². The standard InChI is InChI=1S/C27H18F6N4O2/c1-14(12-34)24-36-20(16-4-8-18(9-5-16)26(28,29)30)22(38-24)23-21(37-25(39-23)15(2)13-35-3)17-6-10-19(11-7-17)27(31,32)33/h4-11,13H,1-3H3/b23-22+,24-14+,25-15+,35-13+. The molecule has 2 heterocycles. The van der Waals surface area contributed by atoms with Crippen molar-refractivity contribution in [3.05, 3.63) is 81.6 Å². The Morgan fingerprint density at radius 2 is 1.18 bits per heavy atom. The van der Waals surface area contributed by atoms with Crippen LogP contribution < -0.4 is 11.1 Å². The molecule has 0 aliphatic carbocycles. The van der Waals surface area contributed by atoms with E-state index in [4.69, 9.17) is 8.83 Å². The maximum Gasteiger partial charge on any atom is 0.416 e. The molecule has 0 radical (unpaired) electrons. The van der Waals surface area contributed by atoms with Crippen LogP contribution in [0.15, 0.2) is 62.4 Å². The summed E-state index contributed by atoms with van der Waals surface area (Å²) in [5.74, 6) is 0. The van der Waals surface area contributed by atoms with Gasteiger partial charge in [0.25, 0.3) is 0 Å². The highest BCUT2D eigenvalue weighted by Gasteiger charge is 2.31. The lowest BCUT2D eigenvalue weighted by molar-refractivity contribution is -0.138. The number of rotatable bonds is 3. The molecule has 0 unspecified atom stereocenters. The van der Waals surface area contributed by atoms with Crippen molar-refractivity contribution in [3.8, 4) is 28.6 Å². The fourth-order valence-corrected chi connectivity index (χ4v) is 3.60. The molecule has 0 aliphatic rings. The Bertz CT molecular complexity index is 1810. The molecule has 0 amide bonds. The summed E-state index contributed by atoms with van der Waals surface area (Å²) < 4.78 is 90.6. The lowest BCUT2D eigenvalue weighted by atomic mass is 10.1. The number of nitrogens with zero attached hydrogens (tertiary/aromatic N) is 4. The first-order valence-corrected chi connectivity index (χ1v) is 11.2. The molecule has 0 aliphatic heterocycles. The van der Waals surface area contributed by atoms with Crippen molar-refractivity contribution < 1.29 is 35.2 Å². The molecule has 4 aromatic rings. The summed E-state index contributed by atoms with van der Waals surface area (Å²) in [5.41, 5.74) is -0.772. The molecule has 0 spiro atoms. The molecule has 0 fully saturated rings. The van der Waals surface area contributed by atoms with Gasteiger partial charge in [0.05, 0.1) is 16.7 Å². The molecular weight excluding hydrogens is 526 g/mol. The molecule has 0 atom stereocenters. The van der Waals surface area contributed by atoms with Gasteiger partial charge in [-0.05, 0) is 38.1 Å². The second-order valence-electron chi connectivity index (χ2n) is 8.35. The second-order valence-corrected chi connectivity index (χ2v) is 8.35. The number of benzene rings is 2. The van der Waals surface area contributed by atoms with Gasteiger partial charge in [-0.2, -0.15) is 31.6 Å². The van der Waals surface area contributed by atoms with E-state index in [1.54, 1.807) is 6.92 Å². The van der Waals surface area contributed by atoms with Gasteiger partial charge in [-0.15, -0.1) is 0 Å². The first-order chi connectivity index (χ1) is 18.3. The monoisotopic (exact) mass is 544 g/mol. The average Bonchev–Trinajstić information content (AvgIpc) is 3.53. The van der Waals surface area contributed by atoms with E-state index in [9.17, 15) is 31.6 Å². The van der Waals surface area contributed by atoms with Crippen LogP contribution in [0.3, 0.4) is 0 Å². The zero-order chi connectivity index (χ0) is 28.5. The van der Waals surface area contributed by atoms with Crippen molar-refractivity contribution in [2.24, 2.45) is 4.99 Å². The van der Waals surface area contributed by atoms with Crippen LogP contribution in [0.1, 0.15) is 25.0 Å². The third-order valence-corrected chi connectivity index (χ3v) is 5.58. The normalized spacial score (nSPS) is 14.9. The van der Waals surface area contributed by atoms with Crippen molar-refractivity contribution in [1.29, 1.82) is 5.26 Å². The fourth-order valence-electron chi connectivity index (χ4n) is 3.60. The SMILES string of the molecule is C/N=C/C(C)=c1\nc(-c2ccc(C(F)(F)F)cc2)/c(=c2\o/c(=C(\C)C#N)nc2-c2ccc(C(F)(F)F)cc2)o1. The maximum absolute atomic E-state index is 13.1. The Kier molecular flexibility index (Phi) is 7.19. The number of alkyl halides is 6. The van der Waals surface area contributed by atoms with E-state index in [2.05, 4.69) is 15.0 Å². The predicted molar refractivity (Wildman–Crippen MR) is 129 cm³/mol. The van der Waals surface area contributed by atoms with E-state index in [1.165, 1.54) is 44.5 Å². The lowest BCUT2D eigenvalue weighted by Gasteiger charge is -2.06. The molecule has 39 heavy (non-hydrogen) atoms. The molecule has 2 aromatic heterocycles. The van der Waals surface area contributed by atoms with Gasteiger partial charge < -0.3 is 8.83 Å². The van der Waals surface area contributed by atoms with Crippen LogP contribution in [-0.4, -0.2) is 23.2 Å². The minimum atomic E-state index is -4.56. The molecule has 0 saturated carbocycles. The summed E-state index contributed by atoms with van der Waals surface area (Å²) in [6.07, 6.45) is -7.66. The zero-order valence-corrected chi connectivity index (χ0v) is 20.6. The van der Waals surface area contributed by atoms with Crippen LogP contribution in [0.2, 0.25) is 0 Å². The van der Waals surface area contributed by atoms with Crippen LogP contribution in [0, 0.1) is 22.2 Å². The third-order valence-electron chi connectivity index (χ3n) is 5.58. The predicted octanol–water partition coefficient (Wildman–Crippen LogP) is 5.89. The largest absolute Gasteiger partial charge is 0.432 e. The molecular formula is C27H18F6N4O2. The van der Waals surface area contributed by atoms with E-state index < -0.39 is 23.5 Å². The smallest absolute Gasteiger partial charge is 0.416 e. The second kappa shape index (κ2) is 10.2. The van der Waals surface area contributed by atoms with E-state index in [1.807, 2.05) is 6.07 Å². The molecule has 0 bridgehead atoms. The van der Waals surface area contributed by atoms with Crippen molar-refractivity contribution in [3.63, 3.8) is 0 Å². The number of aromatic nitrogens is 2. The molecule has 12 heteroatoms.